The van der Waals surface area contributed by atoms with Crippen LogP contribution in [0.5, 0.6) is 5.75 Å². The minimum absolute atomic E-state index is 0.176. The summed E-state index contributed by atoms with van der Waals surface area (Å²) in [5.41, 5.74) is 8.53. The fourth-order valence-corrected chi connectivity index (χ4v) is 3.37. The van der Waals surface area contributed by atoms with Gasteiger partial charge in [0.1, 0.15) is 11.6 Å². The van der Waals surface area contributed by atoms with Gasteiger partial charge in [0.2, 0.25) is 11.9 Å². The number of rotatable bonds is 7. The van der Waals surface area contributed by atoms with Crippen LogP contribution in [0, 0.1) is 0 Å². The lowest BCUT2D eigenvalue weighted by molar-refractivity contribution is 0.340. The van der Waals surface area contributed by atoms with Crippen molar-refractivity contribution in [3.63, 3.8) is 0 Å². The number of nitrogens with zero attached hydrogens (tertiary/aromatic N) is 4. The van der Waals surface area contributed by atoms with Gasteiger partial charge in [0, 0.05) is 11.8 Å². The lowest BCUT2D eigenvalue weighted by Crippen LogP contribution is -2.06. The summed E-state index contributed by atoms with van der Waals surface area (Å²) in [5, 5.41) is 3.91. The molecule has 0 spiro atoms. The van der Waals surface area contributed by atoms with Gasteiger partial charge in [-0.3, -0.25) is 0 Å². The molecule has 0 radical (unpaired) electrons. The van der Waals surface area contributed by atoms with E-state index in [4.69, 9.17) is 10.5 Å². The van der Waals surface area contributed by atoms with Crippen molar-refractivity contribution in [1.82, 2.24) is 24.9 Å². The number of hydrogen-bond acceptors (Lipinski definition) is 8. The number of aromatic amines is 1. The van der Waals surface area contributed by atoms with E-state index in [2.05, 4.69) is 30.2 Å². The third kappa shape index (κ3) is 4.32. The molecule has 2 aromatic carbocycles. The van der Waals surface area contributed by atoms with Crippen molar-refractivity contribution in [2.45, 2.75) is 17.8 Å². The second-order valence-corrected chi connectivity index (χ2v) is 6.83. The van der Waals surface area contributed by atoms with Gasteiger partial charge in [0.25, 0.3) is 0 Å². The fraction of sp³-hybridized carbons (Fsp3) is 0.158. The highest BCUT2D eigenvalue weighted by Crippen LogP contribution is 2.25. The molecule has 0 saturated heterocycles. The highest BCUT2D eigenvalue weighted by atomic mass is 32.2. The molecule has 4 N–H and O–H groups in total. The SMILES string of the molecule is CCOc1ccc2nc(SCc3nc(N)nc(Nc4ccccc4)n3)[nH]c2c1. The van der Waals surface area contributed by atoms with Crippen LogP contribution in [0.25, 0.3) is 11.0 Å². The van der Waals surface area contributed by atoms with Gasteiger partial charge in [-0.15, -0.1) is 0 Å². The van der Waals surface area contributed by atoms with Gasteiger partial charge >= 0.3 is 0 Å². The first-order valence-electron chi connectivity index (χ1n) is 8.77. The average Bonchev–Trinajstić information content (AvgIpc) is 3.09. The summed E-state index contributed by atoms with van der Waals surface area (Å²) >= 11 is 1.50. The van der Waals surface area contributed by atoms with Crippen LogP contribution < -0.4 is 15.8 Å². The van der Waals surface area contributed by atoms with Crippen molar-refractivity contribution in [1.29, 1.82) is 0 Å². The Morgan fingerprint density at radius 3 is 2.75 bits per heavy atom. The number of fused-ring (bicyclic) bond motifs is 1. The normalized spacial score (nSPS) is 10.9. The van der Waals surface area contributed by atoms with E-state index >= 15 is 0 Å². The van der Waals surface area contributed by atoms with E-state index in [-0.39, 0.29) is 5.95 Å². The van der Waals surface area contributed by atoms with E-state index < -0.39 is 0 Å². The second kappa shape index (κ2) is 8.13. The van der Waals surface area contributed by atoms with Crippen molar-refractivity contribution in [3.8, 4) is 5.75 Å². The lowest BCUT2D eigenvalue weighted by Gasteiger charge is -2.06. The van der Waals surface area contributed by atoms with E-state index in [1.54, 1.807) is 0 Å². The number of aromatic nitrogens is 5. The van der Waals surface area contributed by atoms with E-state index in [9.17, 15) is 0 Å². The summed E-state index contributed by atoms with van der Waals surface area (Å²) in [4.78, 5) is 20.7. The largest absolute Gasteiger partial charge is 0.494 e. The van der Waals surface area contributed by atoms with Crippen LogP contribution in [0.2, 0.25) is 0 Å². The zero-order chi connectivity index (χ0) is 19.3. The molecule has 0 unspecified atom stereocenters. The number of nitrogens with one attached hydrogen (secondary N) is 2. The smallest absolute Gasteiger partial charge is 0.232 e. The van der Waals surface area contributed by atoms with Gasteiger partial charge in [-0.25, -0.2) is 4.98 Å². The Hall–Kier alpha value is -3.33. The summed E-state index contributed by atoms with van der Waals surface area (Å²) in [5.74, 6) is 2.49. The number of ether oxygens (including phenoxy) is 1. The molecule has 9 heteroatoms. The number of para-hydroxylation sites is 1. The van der Waals surface area contributed by atoms with Crippen molar-refractivity contribution in [2.24, 2.45) is 0 Å². The first-order valence-corrected chi connectivity index (χ1v) is 9.76. The Balaban J connectivity index is 1.47. The number of benzene rings is 2. The Bertz CT molecular complexity index is 1080. The van der Waals surface area contributed by atoms with E-state index in [0.717, 1.165) is 27.6 Å². The molecule has 2 heterocycles. The number of thioether (sulfide) groups is 1. The highest BCUT2D eigenvalue weighted by molar-refractivity contribution is 7.98. The minimum atomic E-state index is 0.176. The number of hydrogen-bond donors (Lipinski definition) is 3. The number of nitrogen functional groups attached to an aromatic ring is 1. The first kappa shape index (κ1) is 18.1. The summed E-state index contributed by atoms with van der Waals surface area (Å²) in [7, 11) is 0. The molecule has 0 aliphatic rings. The van der Waals surface area contributed by atoms with Crippen molar-refractivity contribution in [2.75, 3.05) is 17.7 Å². The quantitative estimate of drug-likeness (QED) is 0.407. The first-order chi connectivity index (χ1) is 13.7. The molecule has 142 valence electrons. The molecular formula is C19H19N7OS. The van der Waals surface area contributed by atoms with Gasteiger partial charge in [0.05, 0.1) is 23.4 Å². The maximum Gasteiger partial charge on any atom is 0.232 e. The molecule has 28 heavy (non-hydrogen) atoms. The maximum absolute atomic E-state index is 5.84. The molecule has 2 aromatic heterocycles. The molecule has 0 aliphatic carbocycles. The average molecular weight is 393 g/mol. The zero-order valence-corrected chi connectivity index (χ0v) is 16.0. The molecule has 0 bridgehead atoms. The van der Waals surface area contributed by atoms with Crippen LogP contribution in [0.4, 0.5) is 17.6 Å². The van der Waals surface area contributed by atoms with Gasteiger partial charge in [-0.05, 0) is 31.2 Å². The van der Waals surface area contributed by atoms with Gasteiger partial charge in [0.15, 0.2) is 5.16 Å². The Kier molecular flexibility index (Phi) is 5.24. The predicted molar refractivity (Wildman–Crippen MR) is 111 cm³/mol. The summed E-state index contributed by atoms with van der Waals surface area (Å²) < 4.78 is 5.53. The molecule has 8 nitrogen and oxygen atoms in total. The van der Waals surface area contributed by atoms with Crippen LogP contribution in [0.1, 0.15) is 12.7 Å². The molecule has 0 saturated carbocycles. The topological polar surface area (TPSA) is 115 Å². The zero-order valence-electron chi connectivity index (χ0n) is 15.2. The summed E-state index contributed by atoms with van der Waals surface area (Å²) in [6, 6.07) is 15.5. The molecule has 0 amide bonds. The van der Waals surface area contributed by atoms with Gasteiger partial charge < -0.3 is 20.8 Å². The minimum Gasteiger partial charge on any atom is -0.494 e. The maximum atomic E-state index is 5.84. The van der Waals surface area contributed by atoms with Gasteiger partial charge in [-0.2, -0.15) is 15.0 Å². The number of H-pyrrole nitrogens is 1. The van der Waals surface area contributed by atoms with Crippen molar-refractivity contribution in [3.05, 3.63) is 54.4 Å². The highest BCUT2D eigenvalue weighted by Gasteiger charge is 2.09. The summed E-state index contributed by atoms with van der Waals surface area (Å²) in [6.45, 7) is 2.58. The van der Waals surface area contributed by atoms with Gasteiger partial charge in [-0.1, -0.05) is 30.0 Å². The lowest BCUT2D eigenvalue weighted by atomic mass is 10.3. The van der Waals surface area contributed by atoms with Crippen LogP contribution in [0.15, 0.2) is 53.7 Å². The third-order valence-corrected chi connectivity index (χ3v) is 4.68. The molecule has 0 fully saturated rings. The Labute approximate surface area is 166 Å². The van der Waals surface area contributed by atoms with Crippen molar-refractivity contribution >= 4 is 40.4 Å². The van der Waals surface area contributed by atoms with Crippen LogP contribution >= 0.6 is 11.8 Å². The monoisotopic (exact) mass is 393 g/mol. The molecule has 4 aromatic rings. The number of imidazole rings is 1. The Morgan fingerprint density at radius 1 is 1.07 bits per heavy atom. The van der Waals surface area contributed by atoms with Crippen LogP contribution in [0.3, 0.4) is 0 Å². The van der Waals surface area contributed by atoms with Crippen LogP contribution in [-0.2, 0) is 5.75 Å². The molecule has 0 atom stereocenters. The second-order valence-electron chi connectivity index (χ2n) is 5.87. The third-order valence-electron chi connectivity index (χ3n) is 3.81. The van der Waals surface area contributed by atoms with E-state index in [1.165, 1.54) is 11.8 Å². The van der Waals surface area contributed by atoms with Crippen molar-refractivity contribution < 1.29 is 4.74 Å². The van der Waals surface area contributed by atoms with E-state index in [1.807, 2.05) is 55.5 Å². The fourth-order valence-electron chi connectivity index (χ4n) is 2.63. The molecule has 0 aliphatic heterocycles. The molecular weight excluding hydrogens is 374 g/mol. The Morgan fingerprint density at radius 2 is 1.93 bits per heavy atom. The summed E-state index contributed by atoms with van der Waals surface area (Å²) in [6.07, 6.45) is 0. The standard InChI is InChI=1S/C19H19N7OS/c1-2-27-13-8-9-14-15(10-13)23-19(22-14)28-11-16-24-17(20)26-18(25-16)21-12-6-4-3-5-7-12/h3-10H,2,11H2,1H3,(H,22,23)(H3,20,21,24,25,26). The predicted octanol–water partition coefficient (Wildman–Crippen LogP) is 3.76. The number of nitrogens with two attached hydrogens (primary N) is 1. The van der Waals surface area contributed by atoms with E-state index in [0.29, 0.717) is 24.1 Å². The molecule has 4 rings (SSSR count). The van der Waals surface area contributed by atoms with Crippen LogP contribution in [-0.4, -0.2) is 31.5 Å². The number of anilines is 3.